The highest BCUT2D eigenvalue weighted by atomic mass is 32.1. The van der Waals surface area contributed by atoms with Crippen LogP contribution in [0.1, 0.15) is 0 Å². The van der Waals surface area contributed by atoms with Gasteiger partial charge in [-0.05, 0) is 52.9 Å². The third-order valence-electron chi connectivity index (χ3n) is 9.82. The molecule has 0 radical (unpaired) electrons. The van der Waals surface area contributed by atoms with E-state index in [-0.39, 0.29) is 0 Å². The van der Waals surface area contributed by atoms with Crippen molar-refractivity contribution >= 4 is 96.9 Å². The second kappa shape index (κ2) is 9.71. The number of hydrogen-bond donors (Lipinski definition) is 0. The molecule has 11 rings (SSSR count). The molecule has 4 heterocycles. The van der Waals surface area contributed by atoms with Gasteiger partial charge in [-0.3, -0.25) is 0 Å². The molecule has 4 aromatic heterocycles. The summed E-state index contributed by atoms with van der Waals surface area (Å²) in [6.45, 7) is 0. The maximum absolute atomic E-state index is 6.62. The van der Waals surface area contributed by atoms with Crippen molar-refractivity contribution in [1.82, 2.24) is 9.97 Å². The number of fused-ring (bicyclic) bond motifs is 13. The number of nitrogens with zero attached hydrogens (tertiary/aromatic N) is 2. The highest BCUT2D eigenvalue weighted by molar-refractivity contribution is 7.26. The molecular formula is C44H24N2OS. The number of hydrogen-bond acceptors (Lipinski definition) is 4. The Bertz CT molecular complexity index is 3120. The van der Waals surface area contributed by atoms with Crippen LogP contribution >= 0.6 is 11.3 Å². The van der Waals surface area contributed by atoms with Crippen LogP contribution in [0.25, 0.3) is 108 Å². The van der Waals surface area contributed by atoms with Crippen molar-refractivity contribution in [2.45, 2.75) is 0 Å². The fraction of sp³-hybridized carbons (Fsp3) is 0. The van der Waals surface area contributed by atoms with E-state index in [1.807, 2.05) is 6.07 Å². The van der Waals surface area contributed by atoms with Gasteiger partial charge in [-0.1, -0.05) is 109 Å². The normalized spacial score (nSPS) is 12.2. The van der Waals surface area contributed by atoms with Crippen molar-refractivity contribution in [3.05, 3.63) is 146 Å². The van der Waals surface area contributed by atoms with E-state index in [2.05, 4.69) is 140 Å². The second-order valence-corrected chi connectivity index (χ2v) is 13.6. The standard InChI is InChI=1S/C44H24N2OS/c1-6-14-36-27(9-1)23-28-24-35(29-10-2-3-12-31(29)40(28)45-36)25-17-19-26(20-18-25)41-39-33-13-4-7-15-37(33)47-43(39)34-22-21-32-30-11-5-8-16-38(30)48-44(32)42(34)46-41/h1-24H. The molecule has 0 aliphatic carbocycles. The molecule has 7 aromatic carbocycles. The van der Waals surface area contributed by atoms with E-state index in [0.29, 0.717) is 0 Å². The van der Waals surface area contributed by atoms with E-state index in [1.54, 1.807) is 11.3 Å². The van der Waals surface area contributed by atoms with Gasteiger partial charge in [0, 0.05) is 48.0 Å². The van der Waals surface area contributed by atoms with Crippen LogP contribution in [0.5, 0.6) is 0 Å². The van der Waals surface area contributed by atoms with Crippen LogP contribution in [0.4, 0.5) is 0 Å². The molecule has 0 aliphatic rings. The van der Waals surface area contributed by atoms with Gasteiger partial charge < -0.3 is 4.42 Å². The van der Waals surface area contributed by atoms with Gasteiger partial charge in [-0.15, -0.1) is 11.3 Å². The lowest BCUT2D eigenvalue weighted by atomic mass is 9.93. The number of thiophene rings is 1. The first-order valence-electron chi connectivity index (χ1n) is 16.2. The second-order valence-electron chi connectivity index (χ2n) is 12.5. The molecule has 11 aromatic rings. The first kappa shape index (κ1) is 26.0. The SMILES string of the molecule is c1ccc2nc3c(cc(-c4ccc(-c5nc6c(ccc7c8ccccc8sc76)c6oc7ccccc7c56)cc4)c4ccccc43)cc2c1. The van der Waals surface area contributed by atoms with E-state index in [4.69, 9.17) is 14.4 Å². The first-order valence-corrected chi connectivity index (χ1v) is 17.0. The Morgan fingerprint density at radius 2 is 1.19 bits per heavy atom. The Hall–Kier alpha value is -6.10. The quantitative estimate of drug-likeness (QED) is 0.141. The Morgan fingerprint density at radius 1 is 0.479 bits per heavy atom. The van der Waals surface area contributed by atoms with Crippen molar-refractivity contribution in [2.24, 2.45) is 0 Å². The van der Waals surface area contributed by atoms with Crippen LogP contribution in [0.2, 0.25) is 0 Å². The van der Waals surface area contributed by atoms with E-state index in [1.165, 1.54) is 31.1 Å². The maximum Gasteiger partial charge on any atom is 0.147 e. The molecule has 0 saturated carbocycles. The van der Waals surface area contributed by atoms with Gasteiger partial charge in [0.2, 0.25) is 0 Å². The number of para-hydroxylation sites is 2. The monoisotopic (exact) mass is 628 g/mol. The lowest BCUT2D eigenvalue weighted by molar-refractivity contribution is 0.672. The van der Waals surface area contributed by atoms with Crippen molar-refractivity contribution in [2.75, 3.05) is 0 Å². The number of benzene rings is 7. The molecule has 0 bridgehead atoms. The minimum atomic E-state index is 0.875. The zero-order valence-electron chi connectivity index (χ0n) is 25.6. The fourth-order valence-electron chi connectivity index (χ4n) is 7.58. The lowest BCUT2D eigenvalue weighted by Crippen LogP contribution is -1.90. The van der Waals surface area contributed by atoms with E-state index >= 15 is 0 Å². The summed E-state index contributed by atoms with van der Waals surface area (Å²) in [6.07, 6.45) is 0. The zero-order valence-corrected chi connectivity index (χ0v) is 26.4. The minimum Gasteiger partial charge on any atom is -0.455 e. The predicted molar refractivity (Wildman–Crippen MR) is 203 cm³/mol. The van der Waals surface area contributed by atoms with Gasteiger partial charge in [-0.25, -0.2) is 9.97 Å². The molecule has 0 atom stereocenters. The average molecular weight is 629 g/mol. The molecule has 0 saturated heterocycles. The van der Waals surface area contributed by atoms with Crippen LogP contribution < -0.4 is 0 Å². The molecule has 0 amide bonds. The molecule has 4 heteroatoms. The predicted octanol–water partition coefficient (Wildman–Crippen LogP) is 12.7. The number of pyridine rings is 2. The number of furan rings is 1. The summed E-state index contributed by atoms with van der Waals surface area (Å²) < 4.78 is 9.08. The summed E-state index contributed by atoms with van der Waals surface area (Å²) in [5.41, 5.74) is 9.16. The molecule has 3 nitrogen and oxygen atoms in total. The Kier molecular flexibility index (Phi) is 5.26. The fourth-order valence-corrected chi connectivity index (χ4v) is 8.77. The third-order valence-corrected chi connectivity index (χ3v) is 11.0. The highest BCUT2D eigenvalue weighted by Gasteiger charge is 2.20. The summed E-state index contributed by atoms with van der Waals surface area (Å²) in [5, 5.41) is 10.3. The number of rotatable bonds is 2. The van der Waals surface area contributed by atoms with Crippen LogP contribution in [0.15, 0.2) is 150 Å². The summed E-state index contributed by atoms with van der Waals surface area (Å²) in [6, 6.07) is 51.7. The maximum atomic E-state index is 6.62. The Morgan fingerprint density at radius 3 is 2.08 bits per heavy atom. The van der Waals surface area contributed by atoms with E-state index in [0.717, 1.165) is 76.9 Å². The van der Waals surface area contributed by atoms with Gasteiger partial charge in [0.1, 0.15) is 11.2 Å². The summed E-state index contributed by atoms with van der Waals surface area (Å²) in [5.74, 6) is 0. The summed E-state index contributed by atoms with van der Waals surface area (Å²) in [4.78, 5) is 10.6. The van der Waals surface area contributed by atoms with Gasteiger partial charge >= 0.3 is 0 Å². The molecular weight excluding hydrogens is 605 g/mol. The van der Waals surface area contributed by atoms with Crippen molar-refractivity contribution < 1.29 is 4.42 Å². The van der Waals surface area contributed by atoms with Gasteiger partial charge in [-0.2, -0.15) is 0 Å². The van der Waals surface area contributed by atoms with Gasteiger partial charge in [0.25, 0.3) is 0 Å². The molecule has 222 valence electrons. The lowest BCUT2D eigenvalue weighted by Gasteiger charge is -2.12. The van der Waals surface area contributed by atoms with Gasteiger partial charge in [0.05, 0.1) is 32.3 Å². The van der Waals surface area contributed by atoms with Gasteiger partial charge in [0.15, 0.2) is 0 Å². The highest BCUT2D eigenvalue weighted by Crippen LogP contribution is 2.45. The molecule has 0 spiro atoms. The summed E-state index contributed by atoms with van der Waals surface area (Å²) >= 11 is 1.80. The third kappa shape index (κ3) is 3.63. The van der Waals surface area contributed by atoms with Crippen LogP contribution in [-0.4, -0.2) is 9.97 Å². The molecule has 0 unspecified atom stereocenters. The minimum absolute atomic E-state index is 0.875. The number of aromatic nitrogens is 2. The van der Waals surface area contributed by atoms with Crippen LogP contribution in [0, 0.1) is 0 Å². The Labute approximate surface area is 278 Å². The first-order chi connectivity index (χ1) is 23.8. The van der Waals surface area contributed by atoms with Crippen LogP contribution in [-0.2, 0) is 0 Å². The molecule has 0 aliphatic heterocycles. The molecule has 0 N–H and O–H groups in total. The Balaban J connectivity index is 1.16. The average Bonchev–Trinajstić information content (AvgIpc) is 3.73. The zero-order chi connectivity index (χ0) is 31.3. The molecule has 0 fully saturated rings. The largest absolute Gasteiger partial charge is 0.455 e. The van der Waals surface area contributed by atoms with E-state index in [9.17, 15) is 0 Å². The van der Waals surface area contributed by atoms with Crippen molar-refractivity contribution in [3.63, 3.8) is 0 Å². The van der Waals surface area contributed by atoms with E-state index < -0.39 is 0 Å². The topological polar surface area (TPSA) is 38.9 Å². The molecule has 48 heavy (non-hydrogen) atoms. The van der Waals surface area contributed by atoms with Crippen molar-refractivity contribution in [1.29, 1.82) is 0 Å². The summed E-state index contributed by atoms with van der Waals surface area (Å²) in [7, 11) is 0. The van der Waals surface area contributed by atoms with Crippen LogP contribution in [0.3, 0.4) is 0 Å². The smallest absolute Gasteiger partial charge is 0.147 e. The van der Waals surface area contributed by atoms with Crippen molar-refractivity contribution in [3.8, 4) is 22.4 Å².